The number of ether oxygens (including phenoxy) is 3. The number of esters is 2. The second-order valence-corrected chi connectivity index (χ2v) is 36.3. The van der Waals surface area contributed by atoms with Gasteiger partial charge in [-0.1, -0.05) is 94.4 Å². The highest BCUT2D eigenvalue weighted by atomic mass is 28.4. The predicted octanol–water partition coefficient (Wildman–Crippen LogP) is 12.0. The van der Waals surface area contributed by atoms with Gasteiger partial charge in [0.1, 0.15) is 24.9 Å². The molecular formula is C44H86O8Si3. The van der Waals surface area contributed by atoms with E-state index in [0.717, 1.165) is 12.0 Å². The molecule has 1 heterocycles. The standard InChI is InChI=1S/C44H86O8Si3/c1-31(30-47-40(46)41(5,6)7)29-33(3)37(52-55(21,22)44(14,15)16)39-38(50-39)36(51-54(19,20)43(11,12)13)26-24-23-25-35(49-34(4)45)32(2)27-28-48-53(17,18)42(8,9)10/h23-24,29,32-33,35-39H,25-28,30H2,1-22H3/b24-23+,31-29+/t32-,33+,35-,36+,37-,38-,39-/m0/s1. The Balaban J connectivity index is 3.34. The second-order valence-electron chi connectivity index (χ2n) is 22.0. The quantitative estimate of drug-likeness (QED) is 0.0518. The average Bonchev–Trinajstić information content (AvgIpc) is 3.77. The van der Waals surface area contributed by atoms with Crippen LogP contribution in [0.2, 0.25) is 54.4 Å². The summed E-state index contributed by atoms with van der Waals surface area (Å²) in [6.07, 6.45) is 7.82. The summed E-state index contributed by atoms with van der Waals surface area (Å²) in [6.45, 7) is 48.4. The fourth-order valence-corrected chi connectivity index (χ4v) is 9.24. The summed E-state index contributed by atoms with van der Waals surface area (Å²) in [5.41, 5.74) is 0.438. The lowest BCUT2D eigenvalue weighted by atomic mass is 9.95. The number of rotatable bonds is 20. The summed E-state index contributed by atoms with van der Waals surface area (Å²) in [6, 6.07) is 0. The fraction of sp³-hybridized carbons (Fsp3) is 0.864. The Morgan fingerprint density at radius 2 is 1.20 bits per heavy atom. The van der Waals surface area contributed by atoms with Crippen molar-refractivity contribution < 1.29 is 37.1 Å². The highest BCUT2D eigenvalue weighted by molar-refractivity contribution is 6.75. The summed E-state index contributed by atoms with van der Waals surface area (Å²) in [4.78, 5) is 24.7. The Morgan fingerprint density at radius 1 is 0.709 bits per heavy atom. The van der Waals surface area contributed by atoms with Gasteiger partial charge in [0, 0.05) is 25.9 Å². The van der Waals surface area contributed by atoms with Gasteiger partial charge in [0.15, 0.2) is 25.0 Å². The van der Waals surface area contributed by atoms with Crippen LogP contribution in [0.4, 0.5) is 0 Å². The van der Waals surface area contributed by atoms with E-state index in [2.05, 4.69) is 134 Å². The van der Waals surface area contributed by atoms with Gasteiger partial charge >= 0.3 is 11.9 Å². The van der Waals surface area contributed by atoms with Gasteiger partial charge in [0.2, 0.25) is 0 Å². The first kappa shape index (κ1) is 51.9. The zero-order valence-corrected chi connectivity index (χ0v) is 42.6. The number of hydrogen-bond acceptors (Lipinski definition) is 8. The van der Waals surface area contributed by atoms with Crippen molar-refractivity contribution in [3.63, 3.8) is 0 Å². The van der Waals surface area contributed by atoms with Crippen LogP contribution in [0.3, 0.4) is 0 Å². The Bertz CT molecular complexity index is 1290. The van der Waals surface area contributed by atoms with Crippen molar-refractivity contribution in [3.05, 3.63) is 23.8 Å². The lowest BCUT2D eigenvalue weighted by molar-refractivity contribution is -0.152. The van der Waals surface area contributed by atoms with Gasteiger partial charge < -0.3 is 27.5 Å². The summed E-state index contributed by atoms with van der Waals surface area (Å²) >= 11 is 0. The van der Waals surface area contributed by atoms with Crippen LogP contribution in [0, 0.1) is 17.3 Å². The summed E-state index contributed by atoms with van der Waals surface area (Å²) in [5, 5.41) is 0.188. The Kier molecular flexibility index (Phi) is 18.7. The van der Waals surface area contributed by atoms with E-state index in [1.807, 2.05) is 27.7 Å². The van der Waals surface area contributed by atoms with Crippen LogP contribution >= 0.6 is 0 Å². The number of hydrogen-bond donors (Lipinski definition) is 0. The largest absolute Gasteiger partial charge is 0.462 e. The molecule has 0 spiro atoms. The molecule has 0 N–H and O–H groups in total. The van der Waals surface area contributed by atoms with Gasteiger partial charge in [-0.15, -0.1) is 0 Å². The molecule has 7 atom stereocenters. The highest BCUT2D eigenvalue weighted by Crippen LogP contribution is 2.45. The van der Waals surface area contributed by atoms with E-state index in [-0.39, 0.29) is 76.0 Å². The van der Waals surface area contributed by atoms with Gasteiger partial charge in [-0.2, -0.15) is 0 Å². The van der Waals surface area contributed by atoms with Crippen LogP contribution in [0.5, 0.6) is 0 Å². The minimum Gasteiger partial charge on any atom is -0.462 e. The van der Waals surface area contributed by atoms with Crippen LogP contribution in [0.15, 0.2) is 23.8 Å². The Hall–Kier alpha value is -1.09. The van der Waals surface area contributed by atoms with Crippen LogP contribution in [-0.4, -0.2) is 80.6 Å². The molecule has 0 saturated carbocycles. The van der Waals surface area contributed by atoms with Crippen molar-refractivity contribution in [1.29, 1.82) is 0 Å². The molecule has 8 nitrogen and oxygen atoms in total. The second kappa shape index (κ2) is 19.8. The smallest absolute Gasteiger partial charge is 0.311 e. The molecule has 1 aliphatic rings. The molecule has 1 rings (SSSR count). The van der Waals surface area contributed by atoms with Crippen LogP contribution < -0.4 is 0 Å². The summed E-state index contributed by atoms with van der Waals surface area (Å²) < 4.78 is 38.9. The third-order valence-electron chi connectivity index (χ3n) is 12.5. The van der Waals surface area contributed by atoms with Crippen molar-refractivity contribution >= 4 is 36.9 Å². The minimum absolute atomic E-state index is 0.0165. The molecule has 322 valence electrons. The molecule has 0 amide bonds. The zero-order valence-electron chi connectivity index (χ0n) is 39.6. The van der Waals surface area contributed by atoms with Crippen LogP contribution in [0.1, 0.15) is 130 Å². The minimum atomic E-state index is -2.19. The maximum atomic E-state index is 12.5. The SMILES string of the molecule is CC(=O)O[C@@H](C/C=C/C[C@@H](O[Si](C)(C)C(C)(C)C)[C@@H]1O[C@H]1[C@@H](O[Si](C)(C)C(C)(C)C)[C@H](C)/C=C(\C)COC(=O)C(C)(C)C)[C@@H](C)CCO[Si](C)(C)C(C)(C)C. The average molecular weight is 827 g/mol. The van der Waals surface area contributed by atoms with E-state index in [0.29, 0.717) is 19.4 Å². The van der Waals surface area contributed by atoms with E-state index < -0.39 is 30.4 Å². The molecule has 0 aromatic rings. The maximum Gasteiger partial charge on any atom is 0.311 e. The molecule has 1 fully saturated rings. The lowest BCUT2D eigenvalue weighted by Crippen LogP contribution is -2.49. The van der Waals surface area contributed by atoms with Gasteiger partial charge in [-0.3, -0.25) is 9.59 Å². The number of carbonyl (C=O) groups is 2. The van der Waals surface area contributed by atoms with Crippen LogP contribution in [-0.2, 0) is 37.1 Å². The van der Waals surface area contributed by atoms with E-state index in [9.17, 15) is 9.59 Å². The molecule has 0 unspecified atom stereocenters. The van der Waals surface area contributed by atoms with E-state index in [4.69, 9.17) is 27.5 Å². The van der Waals surface area contributed by atoms with Crippen molar-refractivity contribution in [2.24, 2.45) is 17.3 Å². The van der Waals surface area contributed by atoms with Crippen molar-refractivity contribution in [1.82, 2.24) is 0 Å². The van der Waals surface area contributed by atoms with E-state index >= 15 is 0 Å². The van der Waals surface area contributed by atoms with Gasteiger partial charge in [-0.25, -0.2) is 0 Å². The maximum absolute atomic E-state index is 12.5. The lowest BCUT2D eigenvalue weighted by Gasteiger charge is -2.41. The molecule has 0 bridgehead atoms. The van der Waals surface area contributed by atoms with E-state index in [1.54, 1.807) is 0 Å². The molecule has 0 aromatic carbocycles. The summed E-state index contributed by atoms with van der Waals surface area (Å²) in [5.74, 6) is -0.303. The van der Waals surface area contributed by atoms with Gasteiger partial charge in [0.05, 0.1) is 17.6 Å². The van der Waals surface area contributed by atoms with Gasteiger partial charge in [0.25, 0.3) is 0 Å². The molecule has 0 aliphatic carbocycles. The first-order valence-electron chi connectivity index (χ1n) is 20.9. The molecule has 1 aliphatic heterocycles. The number of carbonyl (C=O) groups excluding carboxylic acids is 2. The molecule has 55 heavy (non-hydrogen) atoms. The zero-order chi connectivity index (χ0) is 43.2. The molecule has 11 heteroatoms. The van der Waals surface area contributed by atoms with Crippen LogP contribution in [0.25, 0.3) is 0 Å². The summed E-state index contributed by atoms with van der Waals surface area (Å²) in [7, 11) is -6.23. The highest BCUT2D eigenvalue weighted by Gasteiger charge is 2.55. The number of epoxide rings is 1. The van der Waals surface area contributed by atoms with E-state index in [1.165, 1.54) is 6.92 Å². The Labute approximate surface area is 342 Å². The molecule has 0 radical (unpaired) electrons. The molecule has 0 aromatic heterocycles. The first-order valence-corrected chi connectivity index (χ1v) is 29.6. The third-order valence-corrected chi connectivity index (χ3v) is 26.1. The normalized spacial score (nSPS) is 20.9. The topological polar surface area (TPSA) is 92.8 Å². The third kappa shape index (κ3) is 16.6. The molecular weight excluding hydrogens is 741 g/mol. The fourth-order valence-electron chi connectivity index (χ4n) is 5.46. The predicted molar refractivity (Wildman–Crippen MR) is 237 cm³/mol. The Morgan fingerprint density at radius 3 is 1.67 bits per heavy atom. The molecule has 1 saturated heterocycles. The van der Waals surface area contributed by atoms with Crippen molar-refractivity contribution in [2.45, 2.75) is 215 Å². The monoisotopic (exact) mass is 827 g/mol. The first-order chi connectivity index (χ1) is 24.5. The van der Waals surface area contributed by atoms with Gasteiger partial charge in [-0.05, 0) is 106 Å². The van der Waals surface area contributed by atoms with Crippen molar-refractivity contribution in [3.8, 4) is 0 Å². The van der Waals surface area contributed by atoms with Crippen molar-refractivity contribution in [2.75, 3.05) is 13.2 Å².